The van der Waals surface area contributed by atoms with E-state index in [0.29, 0.717) is 18.4 Å². The molecule has 1 aliphatic heterocycles. The number of hydrogen-bond acceptors (Lipinski definition) is 4. The normalized spacial score (nSPS) is 24.3. The molecule has 0 saturated carbocycles. The zero-order valence-electron chi connectivity index (χ0n) is 8.28. The number of carbonyl (C=O) groups is 1. The summed E-state index contributed by atoms with van der Waals surface area (Å²) in [7, 11) is 0. The molecule has 1 fully saturated rings. The van der Waals surface area contributed by atoms with Crippen molar-refractivity contribution in [2.45, 2.75) is 19.1 Å². The van der Waals surface area contributed by atoms with Gasteiger partial charge < -0.3 is 4.74 Å². The van der Waals surface area contributed by atoms with Crippen LogP contribution in [0.3, 0.4) is 0 Å². The van der Waals surface area contributed by atoms with Crippen LogP contribution in [-0.2, 0) is 9.53 Å². The average Bonchev–Trinajstić information content (AvgIpc) is 2.04. The topological polar surface area (TPSA) is 29.5 Å². The van der Waals surface area contributed by atoms with E-state index in [1.807, 2.05) is 18.7 Å². The number of thioether (sulfide) groups is 1. The van der Waals surface area contributed by atoms with Crippen LogP contribution < -0.4 is 0 Å². The molecular formula is C9H17NO2S. The lowest BCUT2D eigenvalue weighted by molar-refractivity contribution is -0.144. The molecule has 13 heavy (non-hydrogen) atoms. The predicted octanol–water partition coefficient (Wildman–Crippen LogP) is 0.987. The van der Waals surface area contributed by atoms with Gasteiger partial charge >= 0.3 is 5.97 Å². The third-order valence-electron chi connectivity index (χ3n) is 1.98. The quantitative estimate of drug-likeness (QED) is 0.640. The molecule has 0 aromatic carbocycles. The zero-order valence-corrected chi connectivity index (χ0v) is 9.10. The fraction of sp³-hybridized carbons (Fsp3) is 0.889. The highest BCUT2D eigenvalue weighted by molar-refractivity contribution is 7.99. The van der Waals surface area contributed by atoms with Crippen LogP contribution in [0.5, 0.6) is 0 Å². The molecule has 0 amide bonds. The van der Waals surface area contributed by atoms with Crippen molar-refractivity contribution < 1.29 is 9.53 Å². The molecule has 0 spiro atoms. The lowest BCUT2D eigenvalue weighted by Gasteiger charge is -2.29. The van der Waals surface area contributed by atoms with Crippen LogP contribution in [0.2, 0.25) is 0 Å². The van der Waals surface area contributed by atoms with Crippen LogP contribution in [0.1, 0.15) is 13.8 Å². The molecular weight excluding hydrogens is 186 g/mol. The first-order chi connectivity index (χ1) is 6.22. The van der Waals surface area contributed by atoms with Crippen LogP contribution >= 0.6 is 11.8 Å². The van der Waals surface area contributed by atoms with Crippen LogP contribution in [0, 0.1) is 0 Å². The molecule has 1 unspecified atom stereocenters. The van der Waals surface area contributed by atoms with E-state index >= 15 is 0 Å². The molecule has 0 radical (unpaired) electrons. The molecule has 1 aliphatic rings. The Balaban J connectivity index is 2.23. The summed E-state index contributed by atoms with van der Waals surface area (Å²) in [6, 6.07) is 0. The minimum atomic E-state index is -0.0957. The monoisotopic (exact) mass is 203 g/mol. The van der Waals surface area contributed by atoms with E-state index in [1.54, 1.807) is 0 Å². The Bertz CT molecular complexity index is 175. The smallest absolute Gasteiger partial charge is 0.320 e. The number of nitrogens with zero attached hydrogens (tertiary/aromatic N) is 1. The van der Waals surface area contributed by atoms with Crippen molar-refractivity contribution in [2.75, 3.05) is 32.0 Å². The van der Waals surface area contributed by atoms with Crippen molar-refractivity contribution in [1.29, 1.82) is 0 Å². The van der Waals surface area contributed by atoms with Gasteiger partial charge in [-0.1, -0.05) is 6.92 Å². The minimum Gasteiger partial charge on any atom is -0.465 e. The fourth-order valence-corrected chi connectivity index (χ4v) is 2.51. The third-order valence-corrected chi connectivity index (χ3v) is 3.12. The molecule has 3 nitrogen and oxygen atoms in total. The number of rotatable bonds is 3. The number of esters is 1. The molecule has 4 heteroatoms. The molecule has 1 heterocycles. The summed E-state index contributed by atoms with van der Waals surface area (Å²) in [5.41, 5.74) is 0. The van der Waals surface area contributed by atoms with E-state index in [2.05, 4.69) is 11.8 Å². The summed E-state index contributed by atoms with van der Waals surface area (Å²) in [6.07, 6.45) is 0. The molecule has 1 atom stereocenters. The van der Waals surface area contributed by atoms with Crippen molar-refractivity contribution >= 4 is 17.7 Å². The van der Waals surface area contributed by atoms with Crippen LogP contribution in [0.4, 0.5) is 0 Å². The van der Waals surface area contributed by atoms with Gasteiger partial charge in [-0.25, -0.2) is 0 Å². The molecule has 1 saturated heterocycles. The van der Waals surface area contributed by atoms with Crippen LogP contribution in [0.25, 0.3) is 0 Å². The lowest BCUT2D eigenvalue weighted by Crippen LogP contribution is -2.40. The molecule has 76 valence electrons. The van der Waals surface area contributed by atoms with Crippen molar-refractivity contribution in [3.05, 3.63) is 0 Å². The molecule has 0 N–H and O–H groups in total. The number of carbonyl (C=O) groups excluding carboxylic acids is 1. The summed E-state index contributed by atoms with van der Waals surface area (Å²) in [5.74, 6) is 1.03. The van der Waals surface area contributed by atoms with Gasteiger partial charge in [-0.3, -0.25) is 9.69 Å². The summed E-state index contributed by atoms with van der Waals surface area (Å²) < 4.78 is 4.89. The largest absolute Gasteiger partial charge is 0.465 e. The first kappa shape index (κ1) is 10.9. The first-order valence-electron chi connectivity index (χ1n) is 4.72. The van der Waals surface area contributed by atoms with E-state index in [1.165, 1.54) is 0 Å². The summed E-state index contributed by atoms with van der Waals surface area (Å²) in [6.45, 7) is 6.99. The van der Waals surface area contributed by atoms with E-state index in [0.717, 1.165) is 18.8 Å². The zero-order chi connectivity index (χ0) is 9.68. The Morgan fingerprint density at radius 1 is 1.69 bits per heavy atom. The second-order valence-electron chi connectivity index (χ2n) is 3.22. The second kappa shape index (κ2) is 5.50. The highest BCUT2D eigenvalue weighted by atomic mass is 32.2. The Kier molecular flexibility index (Phi) is 4.59. The van der Waals surface area contributed by atoms with Gasteiger partial charge in [0.15, 0.2) is 0 Å². The maximum absolute atomic E-state index is 11.1. The van der Waals surface area contributed by atoms with Gasteiger partial charge in [0.25, 0.3) is 0 Å². The van der Waals surface area contributed by atoms with E-state index in [4.69, 9.17) is 4.74 Å². The van der Waals surface area contributed by atoms with Crippen molar-refractivity contribution in [2.24, 2.45) is 0 Å². The number of ether oxygens (including phenoxy) is 1. The van der Waals surface area contributed by atoms with Crippen LogP contribution in [0.15, 0.2) is 0 Å². The van der Waals surface area contributed by atoms with Gasteiger partial charge in [-0.05, 0) is 6.92 Å². The van der Waals surface area contributed by atoms with Gasteiger partial charge in [0.2, 0.25) is 0 Å². The van der Waals surface area contributed by atoms with E-state index < -0.39 is 0 Å². The first-order valence-corrected chi connectivity index (χ1v) is 5.76. The molecule has 0 aromatic heterocycles. The summed E-state index contributed by atoms with van der Waals surface area (Å²) in [5, 5.41) is 0.642. The van der Waals surface area contributed by atoms with Gasteiger partial charge in [-0.2, -0.15) is 11.8 Å². The van der Waals surface area contributed by atoms with E-state index in [9.17, 15) is 4.79 Å². The Labute approximate surface area is 83.8 Å². The highest BCUT2D eigenvalue weighted by Gasteiger charge is 2.18. The fourth-order valence-electron chi connectivity index (χ4n) is 1.42. The average molecular weight is 203 g/mol. The molecule has 0 bridgehead atoms. The predicted molar refractivity (Wildman–Crippen MR) is 55.0 cm³/mol. The van der Waals surface area contributed by atoms with Gasteiger partial charge in [0.05, 0.1) is 13.2 Å². The Morgan fingerprint density at radius 2 is 2.46 bits per heavy atom. The SMILES string of the molecule is CCOC(=O)CN1CCSC(C)C1. The van der Waals surface area contributed by atoms with Gasteiger partial charge in [0.1, 0.15) is 0 Å². The maximum atomic E-state index is 11.1. The van der Waals surface area contributed by atoms with Gasteiger partial charge in [-0.15, -0.1) is 0 Å². The van der Waals surface area contributed by atoms with Crippen molar-refractivity contribution in [3.8, 4) is 0 Å². The highest BCUT2D eigenvalue weighted by Crippen LogP contribution is 2.17. The molecule has 0 aromatic rings. The number of hydrogen-bond donors (Lipinski definition) is 0. The second-order valence-corrected chi connectivity index (χ2v) is 4.77. The van der Waals surface area contributed by atoms with E-state index in [-0.39, 0.29) is 5.97 Å². The Morgan fingerprint density at radius 3 is 3.08 bits per heavy atom. The molecule has 1 rings (SSSR count). The summed E-state index contributed by atoms with van der Waals surface area (Å²) >= 11 is 1.97. The minimum absolute atomic E-state index is 0.0957. The molecule has 0 aliphatic carbocycles. The lowest BCUT2D eigenvalue weighted by atomic mass is 10.4. The standard InChI is InChI=1S/C9H17NO2S/c1-3-12-9(11)7-10-4-5-13-8(2)6-10/h8H,3-7H2,1-2H3. The summed E-state index contributed by atoms with van der Waals surface area (Å²) in [4.78, 5) is 13.3. The van der Waals surface area contributed by atoms with Crippen LogP contribution in [-0.4, -0.2) is 48.1 Å². The van der Waals surface area contributed by atoms with Gasteiger partial charge in [0, 0.05) is 24.1 Å². The van der Waals surface area contributed by atoms with Crippen molar-refractivity contribution in [1.82, 2.24) is 4.90 Å². The third kappa shape index (κ3) is 4.00. The Hall–Kier alpha value is -0.220. The van der Waals surface area contributed by atoms with Crippen molar-refractivity contribution in [3.63, 3.8) is 0 Å². The maximum Gasteiger partial charge on any atom is 0.320 e.